The van der Waals surface area contributed by atoms with E-state index in [-0.39, 0.29) is 35.2 Å². The zero-order chi connectivity index (χ0) is 35.5. The fourth-order valence-electron chi connectivity index (χ4n) is 12.0. The van der Waals surface area contributed by atoms with Crippen LogP contribution in [0, 0.1) is 59.2 Å². The lowest BCUT2D eigenvalue weighted by atomic mass is 9.43. The van der Waals surface area contributed by atoms with Crippen LogP contribution >= 0.6 is 11.8 Å². The highest BCUT2D eigenvalue weighted by Crippen LogP contribution is 2.73. The number of nitrogens with zero attached hydrogens (tertiary/aromatic N) is 3. The van der Waals surface area contributed by atoms with E-state index in [2.05, 4.69) is 34.6 Å². The highest BCUT2D eigenvalue weighted by molar-refractivity contribution is 8.15. The SMILES string of the molecule is CC(=O)O[C@H]1CC[C@]2(C)[C@H]3CC[C@]4(C)[C@@H]([C@H](C)CCCC(C)C)CC[C@H]4[C@@H]3C[C@@]3(SC(N(C(C)=O)c4cccc(C)c4)=NN3C(C)=O)[C@H]2C1. The van der Waals surface area contributed by atoms with Gasteiger partial charge in [-0.05, 0) is 122 Å². The summed E-state index contributed by atoms with van der Waals surface area (Å²) >= 11 is 1.64. The second-order valence-corrected chi connectivity index (χ2v) is 18.8. The molecule has 1 spiro atoms. The van der Waals surface area contributed by atoms with E-state index in [9.17, 15) is 14.4 Å². The van der Waals surface area contributed by atoms with E-state index in [1.807, 2.05) is 31.2 Å². The van der Waals surface area contributed by atoms with Crippen LogP contribution in [0.25, 0.3) is 0 Å². The molecule has 7 nitrogen and oxygen atoms in total. The molecular formula is C41H61N3O4S. The molecule has 6 rings (SSSR count). The van der Waals surface area contributed by atoms with Gasteiger partial charge in [0.2, 0.25) is 11.8 Å². The fourth-order valence-corrected chi connectivity index (χ4v) is 13.8. The molecule has 0 radical (unpaired) electrons. The summed E-state index contributed by atoms with van der Waals surface area (Å²) in [6.45, 7) is 19.0. The molecule has 1 aliphatic heterocycles. The van der Waals surface area contributed by atoms with Crippen LogP contribution in [0.1, 0.15) is 132 Å². The molecule has 1 heterocycles. The summed E-state index contributed by atoms with van der Waals surface area (Å²) in [5.74, 6) is 3.43. The Morgan fingerprint density at radius 1 is 1.00 bits per heavy atom. The first kappa shape index (κ1) is 36.4. The lowest BCUT2D eigenvalue weighted by Gasteiger charge is -2.66. The summed E-state index contributed by atoms with van der Waals surface area (Å²) in [6.07, 6.45) is 12.2. The first-order valence-corrected chi connectivity index (χ1v) is 20.1. The summed E-state index contributed by atoms with van der Waals surface area (Å²) in [5.41, 5.74) is 2.08. The van der Waals surface area contributed by atoms with Gasteiger partial charge in [0.25, 0.3) is 0 Å². The van der Waals surface area contributed by atoms with E-state index < -0.39 is 4.87 Å². The number of amides is 2. The van der Waals surface area contributed by atoms with Crippen LogP contribution in [0.2, 0.25) is 0 Å². The molecule has 8 heteroatoms. The molecule has 0 unspecified atom stereocenters. The Hall–Kier alpha value is -2.35. The van der Waals surface area contributed by atoms with Gasteiger partial charge >= 0.3 is 5.97 Å². The van der Waals surface area contributed by atoms with Crippen LogP contribution in [0.3, 0.4) is 0 Å². The third-order valence-corrected chi connectivity index (χ3v) is 15.5. The molecule has 5 aliphatic rings. The van der Waals surface area contributed by atoms with Crippen molar-refractivity contribution in [1.29, 1.82) is 0 Å². The van der Waals surface area contributed by atoms with E-state index in [1.165, 1.54) is 51.9 Å². The molecule has 0 N–H and O–H groups in total. The number of amidine groups is 1. The molecule has 4 saturated carbocycles. The zero-order valence-corrected chi connectivity index (χ0v) is 32.4. The van der Waals surface area contributed by atoms with Gasteiger partial charge in [-0.3, -0.25) is 19.3 Å². The molecule has 4 fully saturated rings. The number of hydrazone groups is 1. The number of anilines is 1. The van der Waals surface area contributed by atoms with Crippen LogP contribution in [0.15, 0.2) is 29.4 Å². The van der Waals surface area contributed by atoms with Crippen LogP contribution in [0.4, 0.5) is 5.69 Å². The standard InChI is InChI=1S/C41H61N3O4S/c1-25(2)12-10-14-27(4)34-16-17-35-33-24-41(37-23-32(48-30(7)47)18-20-40(37,9)36(33)19-21-39(34,35)8)44(29(6)46)42-38(49-41)43(28(5)45)31-15-11-13-26(3)22-31/h11,13,15,22,25,27,32-37H,10,12,14,16-21,23-24H2,1-9H3/t27-,32+,33+,34-,35+,36+,37+,39-,40-,41-/m1/s1. The number of fused-ring (bicyclic) bond motifs is 6. The van der Waals surface area contributed by atoms with Crippen molar-refractivity contribution in [3.63, 3.8) is 0 Å². The maximum absolute atomic E-state index is 13.8. The van der Waals surface area contributed by atoms with Gasteiger partial charge in [0, 0.05) is 26.7 Å². The van der Waals surface area contributed by atoms with Crippen molar-refractivity contribution < 1.29 is 19.1 Å². The zero-order valence-electron chi connectivity index (χ0n) is 31.6. The monoisotopic (exact) mass is 691 g/mol. The van der Waals surface area contributed by atoms with Gasteiger partial charge in [-0.1, -0.05) is 77.8 Å². The fraction of sp³-hybridized carbons (Fsp3) is 0.756. The summed E-state index contributed by atoms with van der Waals surface area (Å²) in [4.78, 5) is 40.5. The van der Waals surface area contributed by atoms with Crippen molar-refractivity contribution in [3.8, 4) is 0 Å². The minimum Gasteiger partial charge on any atom is -0.463 e. The van der Waals surface area contributed by atoms with Crippen LogP contribution in [-0.4, -0.2) is 38.9 Å². The quantitative estimate of drug-likeness (QED) is 0.266. The predicted molar refractivity (Wildman–Crippen MR) is 199 cm³/mol. The average molecular weight is 692 g/mol. The molecule has 2 amide bonds. The summed E-state index contributed by atoms with van der Waals surface area (Å²) in [5, 5.41) is 7.45. The second-order valence-electron chi connectivity index (χ2n) is 17.5. The number of rotatable bonds is 7. The van der Waals surface area contributed by atoms with Crippen molar-refractivity contribution in [3.05, 3.63) is 29.8 Å². The smallest absolute Gasteiger partial charge is 0.302 e. The van der Waals surface area contributed by atoms with Gasteiger partial charge in [0.15, 0.2) is 5.17 Å². The van der Waals surface area contributed by atoms with Crippen molar-refractivity contribution in [2.24, 2.45) is 57.4 Å². The van der Waals surface area contributed by atoms with Gasteiger partial charge in [-0.15, -0.1) is 5.10 Å². The Morgan fingerprint density at radius 2 is 1.71 bits per heavy atom. The topological polar surface area (TPSA) is 79.3 Å². The van der Waals surface area contributed by atoms with Gasteiger partial charge in [-0.2, -0.15) is 0 Å². The minimum absolute atomic E-state index is 0.0437. The Kier molecular flexibility index (Phi) is 10.2. The second kappa shape index (κ2) is 13.7. The number of ether oxygens (including phenoxy) is 1. The highest BCUT2D eigenvalue weighted by Gasteiger charge is 2.70. The van der Waals surface area contributed by atoms with Gasteiger partial charge in [0.1, 0.15) is 11.0 Å². The van der Waals surface area contributed by atoms with Crippen molar-refractivity contribution >= 4 is 40.4 Å². The highest BCUT2D eigenvalue weighted by atomic mass is 32.2. The molecule has 270 valence electrons. The third-order valence-electron chi connectivity index (χ3n) is 14.1. The number of benzene rings is 1. The molecule has 0 saturated heterocycles. The maximum atomic E-state index is 13.8. The molecular weight excluding hydrogens is 631 g/mol. The van der Waals surface area contributed by atoms with Crippen LogP contribution < -0.4 is 4.90 Å². The normalized spacial score (nSPS) is 37.3. The predicted octanol–water partition coefficient (Wildman–Crippen LogP) is 9.57. The maximum Gasteiger partial charge on any atom is 0.302 e. The minimum atomic E-state index is -0.660. The average Bonchev–Trinajstić information content (AvgIpc) is 3.56. The molecule has 49 heavy (non-hydrogen) atoms. The Morgan fingerprint density at radius 3 is 2.37 bits per heavy atom. The third kappa shape index (κ3) is 6.39. The van der Waals surface area contributed by atoms with E-state index in [0.29, 0.717) is 40.7 Å². The number of aryl methyl sites for hydroxylation is 1. The van der Waals surface area contributed by atoms with E-state index in [0.717, 1.165) is 42.3 Å². The molecule has 1 aromatic carbocycles. The van der Waals surface area contributed by atoms with E-state index in [1.54, 1.807) is 35.5 Å². The number of hydrogen-bond acceptors (Lipinski definition) is 6. The lowest BCUT2D eigenvalue weighted by molar-refractivity contribution is -0.182. The number of carbonyl (C=O) groups excluding carboxylic acids is 3. The summed E-state index contributed by atoms with van der Waals surface area (Å²) in [6, 6.07) is 7.96. The first-order chi connectivity index (χ1) is 23.1. The Bertz CT molecular complexity index is 1480. The number of hydrogen-bond donors (Lipinski definition) is 0. The number of esters is 1. The van der Waals surface area contributed by atoms with Crippen LogP contribution in [0.5, 0.6) is 0 Å². The molecule has 1 aromatic rings. The summed E-state index contributed by atoms with van der Waals surface area (Å²) < 4.78 is 5.93. The molecule has 10 atom stereocenters. The Labute approximate surface area is 299 Å². The molecule has 0 aromatic heterocycles. The first-order valence-electron chi connectivity index (χ1n) is 19.2. The van der Waals surface area contributed by atoms with Gasteiger partial charge in [-0.25, -0.2) is 5.01 Å². The number of carbonyl (C=O) groups is 3. The van der Waals surface area contributed by atoms with Gasteiger partial charge < -0.3 is 4.74 Å². The van der Waals surface area contributed by atoms with Crippen molar-refractivity contribution in [2.45, 2.75) is 144 Å². The van der Waals surface area contributed by atoms with Gasteiger partial charge in [0.05, 0.1) is 5.69 Å². The van der Waals surface area contributed by atoms with Crippen LogP contribution in [-0.2, 0) is 19.1 Å². The van der Waals surface area contributed by atoms with E-state index >= 15 is 0 Å². The van der Waals surface area contributed by atoms with Crippen molar-refractivity contribution in [2.75, 3.05) is 4.90 Å². The largest absolute Gasteiger partial charge is 0.463 e. The lowest BCUT2D eigenvalue weighted by Crippen LogP contribution is -2.66. The van der Waals surface area contributed by atoms with Crippen molar-refractivity contribution in [1.82, 2.24) is 5.01 Å². The molecule has 0 bridgehead atoms. The van der Waals surface area contributed by atoms with E-state index in [4.69, 9.17) is 9.84 Å². The summed E-state index contributed by atoms with van der Waals surface area (Å²) in [7, 11) is 0. The number of thioether (sulfide) groups is 1. The Balaban J connectivity index is 1.40. The molecule has 4 aliphatic carbocycles.